The smallest absolute Gasteiger partial charge is 0.223 e. The molecule has 3 heterocycles. The fourth-order valence-corrected chi connectivity index (χ4v) is 4.55. The Kier molecular flexibility index (Phi) is 7.33. The minimum atomic E-state index is -0.0316. The number of amides is 1. The van der Waals surface area contributed by atoms with Crippen LogP contribution < -0.4 is 4.74 Å². The largest absolute Gasteiger partial charge is 0.494 e. The van der Waals surface area contributed by atoms with Crippen molar-refractivity contribution in [2.24, 2.45) is 0 Å². The lowest BCUT2D eigenvalue weighted by Crippen LogP contribution is -2.39. The van der Waals surface area contributed by atoms with Crippen molar-refractivity contribution in [2.75, 3.05) is 13.2 Å². The van der Waals surface area contributed by atoms with E-state index >= 15 is 0 Å². The minimum absolute atomic E-state index is 0.0316. The van der Waals surface area contributed by atoms with Crippen molar-refractivity contribution in [3.05, 3.63) is 71.6 Å². The van der Waals surface area contributed by atoms with E-state index in [9.17, 15) is 4.79 Å². The zero-order chi connectivity index (χ0) is 23.2. The molecule has 4 rings (SSSR count). The van der Waals surface area contributed by atoms with E-state index in [2.05, 4.69) is 9.97 Å². The van der Waals surface area contributed by atoms with Gasteiger partial charge in [-0.1, -0.05) is 12.1 Å². The van der Waals surface area contributed by atoms with Crippen molar-refractivity contribution in [3.63, 3.8) is 0 Å². The zero-order valence-corrected chi connectivity index (χ0v) is 19.8. The zero-order valence-electron chi connectivity index (χ0n) is 19.8. The van der Waals surface area contributed by atoms with Gasteiger partial charge in [0.05, 0.1) is 18.3 Å². The molecular weight excluding hydrogens is 412 g/mol. The average molecular weight is 445 g/mol. The van der Waals surface area contributed by atoms with E-state index in [1.807, 2.05) is 68.4 Å². The molecule has 6 heteroatoms. The summed E-state index contributed by atoms with van der Waals surface area (Å²) in [6.45, 7) is 7.35. The molecular formula is C27H32N4O2. The van der Waals surface area contributed by atoms with Gasteiger partial charge in [0.2, 0.25) is 5.91 Å². The van der Waals surface area contributed by atoms with Crippen LogP contribution in [-0.2, 0) is 11.2 Å². The minimum Gasteiger partial charge on any atom is -0.494 e. The number of nitrogens with zero attached hydrogens (tertiary/aromatic N) is 4. The number of likely N-dealkylation sites (tertiary alicyclic amines) is 1. The van der Waals surface area contributed by atoms with Crippen LogP contribution in [0.3, 0.4) is 0 Å². The van der Waals surface area contributed by atoms with Gasteiger partial charge < -0.3 is 9.64 Å². The van der Waals surface area contributed by atoms with Crippen molar-refractivity contribution in [1.29, 1.82) is 0 Å². The second-order valence-electron chi connectivity index (χ2n) is 8.58. The molecule has 6 nitrogen and oxygen atoms in total. The van der Waals surface area contributed by atoms with Gasteiger partial charge >= 0.3 is 0 Å². The SMILES string of the molecule is CCOc1ccc(CCC(=O)N2CCCC[C@@H]2c2nc(C)ncc2-c2ccncc2C)cc1. The third kappa shape index (κ3) is 5.38. The first-order valence-corrected chi connectivity index (χ1v) is 11.8. The number of pyridine rings is 1. The molecule has 0 radical (unpaired) electrons. The molecule has 1 saturated heterocycles. The summed E-state index contributed by atoms with van der Waals surface area (Å²) in [5, 5.41) is 0. The second-order valence-corrected chi connectivity index (χ2v) is 8.58. The Labute approximate surface area is 196 Å². The first-order chi connectivity index (χ1) is 16.1. The summed E-state index contributed by atoms with van der Waals surface area (Å²) in [5.41, 5.74) is 5.25. The summed E-state index contributed by atoms with van der Waals surface area (Å²) >= 11 is 0. The van der Waals surface area contributed by atoms with Gasteiger partial charge in [-0.3, -0.25) is 9.78 Å². The fourth-order valence-electron chi connectivity index (χ4n) is 4.55. The monoisotopic (exact) mass is 444 g/mol. The Morgan fingerprint density at radius 3 is 2.67 bits per heavy atom. The normalized spacial score (nSPS) is 16.0. The number of carbonyl (C=O) groups excluding carboxylic acids is 1. The molecule has 0 spiro atoms. The van der Waals surface area contributed by atoms with Gasteiger partial charge in [-0.2, -0.15) is 0 Å². The number of hydrogen-bond donors (Lipinski definition) is 0. The van der Waals surface area contributed by atoms with Crippen LogP contribution in [0.1, 0.15) is 61.3 Å². The highest BCUT2D eigenvalue weighted by molar-refractivity contribution is 5.78. The molecule has 0 unspecified atom stereocenters. The Bertz CT molecular complexity index is 1100. The predicted molar refractivity (Wildman–Crippen MR) is 129 cm³/mol. The fraction of sp³-hybridized carbons (Fsp3) is 0.407. The molecule has 0 aliphatic carbocycles. The summed E-state index contributed by atoms with van der Waals surface area (Å²) < 4.78 is 5.52. The number of aryl methyl sites for hydroxylation is 3. The van der Waals surface area contributed by atoms with Crippen molar-refractivity contribution in [1.82, 2.24) is 19.9 Å². The summed E-state index contributed by atoms with van der Waals surface area (Å²) in [6.07, 6.45) is 9.79. The quantitative estimate of drug-likeness (QED) is 0.498. The van der Waals surface area contributed by atoms with E-state index in [4.69, 9.17) is 9.72 Å². The third-order valence-corrected chi connectivity index (χ3v) is 6.25. The van der Waals surface area contributed by atoms with E-state index in [1.54, 1.807) is 6.20 Å². The molecule has 1 amide bonds. The lowest BCUT2D eigenvalue weighted by atomic mass is 9.92. The second kappa shape index (κ2) is 10.6. The molecule has 1 aliphatic heterocycles. The maximum absolute atomic E-state index is 13.4. The van der Waals surface area contributed by atoms with Crippen LogP contribution in [0.25, 0.3) is 11.1 Å². The number of piperidine rings is 1. The standard InChI is InChI=1S/C27H32N4O2/c1-4-33-22-11-8-21(9-12-22)10-13-26(32)31-16-6-5-7-25(31)27-24(18-29-20(3)30-27)23-14-15-28-17-19(23)2/h8-9,11-12,14-15,17-18,25H,4-7,10,13,16H2,1-3H3/t25-/m1/s1. The molecule has 1 fully saturated rings. The Balaban J connectivity index is 1.56. The molecule has 3 aromatic rings. The van der Waals surface area contributed by atoms with E-state index in [-0.39, 0.29) is 11.9 Å². The first-order valence-electron chi connectivity index (χ1n) is 11.8. The van der Waals surface area contributed by atoms with Crippen molar-refractivity contribution in [2.45, 2.75) is 58.9 Å². The average Bonchev–Trinajstić information content (AvgIpc) is 2.84. The Hall–Kier alpha value is -3.28. The maximum Gasteiger partial charge on any atom is 0.223 e. The Morgan fingerprint density at radius 2 is 1.91 bits per heavy atom. The number of rotatable bonds is 7. The van der Waals surface area contributed by atoms with E-state index in [0.29, 0.717) is 19.4 Å². The van der Waals surface area contributed by atoms with Crippen molar-refractivity contribution < 1.29 is 9.53 Å². The lowest BCUT2D eigenvalue weighted by molar-refractivity contribution is -0.135. The highest BCUT2D eigenvalue weighted by atomic mass is 16.5. The molecule has 172 valence electrons. The van der Waals surface area contributed by atoms with Gasteiger partial charge in [-0.25, -0.2) is 9.97 Å². The van der Waals surface area contributed by atoms with Crippen molar-refractivity contribution >= 4 is 5.91 Å². The molecule has 1 atom stereocenters. The molecule has 0 bridgehead atoms. The molecule has 1 aliphatic rings. The van der Waals surface area contributed by atoms with Gasteiger partial charge in [0.1, 0.15) is 11.6 Å². The van der Waals surface area contributed by atoms with E-state index in [1.165, 1.54) is 0 Å². The molecule has 0 saturated carbocycles. The third-order valence-electron chi connectivity index (χ3n) is 6.25. The first kappa shape index (κ1) is 22.9. The number of aromatic nitrogens is 3. The van der Waals surface area contributed by atoms with E-state index in [0.717, 1.165) is 65.3 Å². The predicted octanol–water partition coefficient (Wildman–Crippen LogP) is 5.24. The van der Waals surface area contributed by atoms with Gasteiger partial charge in [-0.15, -0.1) is 0 Å². The lowest BCUT2D eigenvalue weighted by Gasteiger charge is -2.36. The van der Waals surface area contributed by atoms with E-state index < -0.39 is 0 Å². The summed E-state index contributed by atoms with van der Waals surface area (Å²) in [7, 11) is 0. The number of carbonyl (C=O) groups is 1. The molecule has 1 aromatic carbocycles. The Morgan fingerprint density at radius 1 is 1.09 bits per heavy atom. The van der Waals surface area contributed by atoms with Crippen LogP contribution in [0.15, 0.2) is 48.9 Å². The van der Waals surface area contributed by atoms with Gasteiger partial charge in [0.15, 0.2) is 0 Å². The number of benzene rings is 1. The van der Waals surface area contributed by atoms with Gasteiger partial charge in [0.25, 0.3) is 0 Å². The van der Waals surface area contributed by atoms with Crippen LogP contribution in [-0.4, -0.2) is 38.9 Å². The number of ether oxygens (including phenoxy) is 1. The van der Waals surface area contributed by atoms with Gasteiger partial charge in [-0.05, 0) is 81.3 Å². The summed E-state index contributed by atoms with van der Waals surface area (Å²) in [4.78, 5) is 29.0. The van der Waals surface area contributed by atoms with Crippen LogP contribution in [0.2, 0.25) is 0 Å². The van der Waals surface area contributed by atoms with Crippen LogP contribution in [0.4, 0.5) is 0 Å². The number of hydrogen-bond acceptors (Lipinski definition) is 5. The molecule has 0 N–H and O–H groups in total. The van der Waals surface area contributed by atoms with Gasteiger partial charge in [0, 0.05) is 37.1 Å². The van der Waals surface area contributed by atoms with Crippen LogP contribution in [0, 0.1) is 13.8 Å². The highest BCUT2D eigenvalue weighted by Crippen LogP contribution is 2.36. The molecule has 2 aromatic heterocycles. The topological polar surface area (TPSA) is 68.2 Å². The van der Waals surface area contributed by atoms with Crippen LogP contribution in [0.5, 0.6) is 5.75 Å². The summed E-state index contributed by atoms with van der Waals surface area (Å²) in [6, 6.07) is 10.0. The maximum atomic E-state index is 13.4. The highest BCUT2D eigenvalue weighted by Gasteiger charge is 2.31. The molecule has 33 heavy (non-hydrogen) atoms. The van der Waals surface area contributed by atoms with Crippen LogP contribution >= 0.6 is 0 Å². The summed E-state index contributed by atoms with van der Waals surface area (Å²) in [5.74, 6) is 1.77. The van der Waals surface area contributed by atoms with Crippen molar-refractivity contribution in [3.8, 4) is 16.9 Å².